The number of nitrogens with zero attached hydrogens (tertiary/aromatic N) is 2. The quantitative estimate of drug-likeness (QED) is 0.271. The molecule has 1 atom stereocenters. The molecule has 1 unspecified atom stereocenters. The summed E-state index contributed by atoms with van der Waals surface area (Å²) in [6.45, 7) is 2.73. The van der Waals surface area contributed by atoms with E-state index in [9.17, 15) is 18.0 Å². The predicted octanol–water partition coefficient (Wildman–Crippen LogP) is 6.63. The Hall–Kier alpha value is -2.78. The lowest BCUT2D eigenvalue weighted by atomic mass is 10.1. The number of benzene rings is 3. The van der Waals surface area contributed by atoms with Crippen LogP contribution in [0.1, 0.15) is 43.7 Å². The molecule has 0 radical (unpaired) electrons. The Labute approximate surface area is 256 Å². The van der Waals surface area contributed by atoms with Crippen LogP contribution in [0.15, 0.2) is 71.6 Å². The van der Waals surface area contributed by atoms with Crippen molar-refractivity contribution in [1.82, 2.24) is 10.2 Å². The Balaban J connectivity index is 1.73. The van der Waals surface area contributed by atoms with Gasteiger partial charge in [0.15, 0.2) is 0 Å². The molecule has 11 heteroatoms. The smallest absolute Gasteiger partial charge is 0.264 e. The molecule has 4 rings (SSSR count). The van der Waals surface area contributed by atoms with Crippen molar-refractivity contribution >= 4 is 62.3 Å². The zero-order chi connectivity index (χ0) is 29.7. The van der Waals surface area contributed by atoms with Gasteiger partial charge in [-0.15, -0.1) is 0 Å². The summed E-state index contributed by atoms with van der Waals surface area (Å²) < 4.78 is 28.9. The highest BCUT2D eigenvalue weighted by molar-refractivity contribution is 7.92. The monoisotopic (exact) mass is 635 g/mol. The Morgan fingerprint density at radius 2 is 1.63 bits per heavy atom. The molecule has 41 heavy (non-hydrogen) atoms. The molecule has 218 valence electrons. The molecular weight excluding hydrogens is 605 g/mol. The van der Waals surface area contributed by atoms with Crippen LogP contribution in [0.25, 0.3) is 0 Å². The molecule has 0 bridgehead atoms. The lowest BCUT2D eigenvalue weighted by Gasteiger charge is -2.33. The third-order valence-electron chi connectivity index (χ3n) is 7.34. The molecular formula is C30H32Cl3N3O4S. The summed E-state index contributed by atoms with van der Waals surface area (Å²) in [5, 5.41) is 4.17. The van der Waals surface area contributed by atoms with E-state index in [0.29, 0.717) is 26.2 Å². The number of hydrogen-bond acceptors (Lipinski definition) is 4. The van der Waals surface area contributed by atoms with Gasteiger partial charge in [-0.1, -0.05) is 78.0 Å². The van der Waals surface area contributed by atoms with Gasteiger partial charge in [0.05, 0.1) is 10.6 Å². The van der Waals surface area contributed by atoms with E-state index in [1.165, 1.54) is 17.0 Å². The van der Waals surface area contributed by atoms with Crippen LogP contribution in [0, 0.1) is 6.92 Å². The number of carbonyl (C=O) groups excluding carboxylic acids is 2. The SMILES string of the molecule is Cc1c(Cl)cccc1N(CC(=O)N(Cc1ccc(Cl)cc1Cl)C(C)C(=O)NC1CCCC1)S(=O)(=O)c1ccccc1. The zero-order valence-electron chi connectivity index (χ0n) is 22.8. The van der Waals surface area contributed by atoms with E-state index in [1.807, 2.05) is 0 Å². The number of halogens is 3. The third kappa shape index (κ3) is 7.36. The van der Waals surface area contributed by atoms with E-state index in [2.05, 4.69) is 5.32 Å². The Morgan fingerprint density at radius 1 is 0.951 bits per heavy atom. The van der Waals surface area contributed by atoms with Gasteiger partial charge in [-0.25, -0.2) is 8.42 Å². The molecule has 3 aromatic carbocycles. The molecule has 1 aliphatic carbocycles. The van der Waals surface area contributed by atoms with Gasteiger partial charge in [0.2, 0.25) is 11.8 Å². The summed E-state index contributed by atoms with van der Waals surface area (Å²) in [5.41, 5.74) is 1.34. The Morgan fingerprint density at radius 3 is 2.29 bits per heavy atom. The molecule has 2 amide bonds. The van der Waals surface area contributed by atoms with Crippen molar-refractivity contribution in [2.75, 3.05) is 10.8 Å². The van der Waals surface area contributed by atoms with Crippen LogP contribution in [-0.4, -0.2) is 43.8 Å². The number of hydrogen-bond donors (Lipinski definition) is 1. The summed E-state index contributed by atoms with van der Waals surface area (Å²) in [4.78, 5) is 28.8. The second-order valence-electron chi connectivity index (χ2n) is 10.1. The maximum absolute atomic E-state index is 14.1. The fraction of sp³-hybridized carbons (Fsp3) is 0.333. The van der Waals surface area contributed by atoms with Gasteiger partial charge >= 0.3 is 0 Å². The van der Waals surface area contributed by atoms with E-state index in [4.69, 9.17) is 34.8 Å². The molecule has 0 aliphatic heterocycles. The highest BCUT2D eigenvalue weighted by atomic mass is 35.5. The first-order valence-corrected chi connectivity index (χ1v) is 15.9. The molecule has 7 nitrogen and oxygen atoms in total. The Bertz CT molecular complexity index is 1510. The van der Waals surface area contributed by atoms with Crippen molar-refractivity contribution in [3.05, 3.63) is 92.9 Å². The normalized spacial score (nSPS) is 14.5. The van der Waals surface area contributed by atoms with Gasteiger partial charge in [0, 0.05) is 27.7 Å². The number of rotatable bonds is 10. The van der Waals surface area contributed by atoms with Gasteiger partial charge in [-0.3, -0.25) is 13.9 Å². The highest BCUT2D eigenvalue weighted by Crippen LogP contribution is 2.31. The maximum atomic E-state index is 14.1. The first kappa shape index (κ1) is 31.2. The lowest BCUT2D eigenvalue weighted by molar-refractivity contribution is -0.139. The fourth-order valence-corrected chi connectivity index (χ4v) is 7.04. The van der Waals surface area contributed by atoms with Gasteiger partial charge < -0.3 is 10.2 Å². The van der Waals surface area contributed by atoms with E-state index in [-0.39, 0.29) is 29.1 Å². The van der Waals surface area contributed by atoms with E-state index >= 15 is 0 Å². The molecule has 0 heterocycles. The van der Waals surface area contributed by atoms with Crippen LogP contribution >= 0.6 is 34.8 Å². The number of amides is 2. The number of sulfonamides is 1. The van der Waals surface area contributed by atoms with Gasteiger partial charge in [0.25, 0.3) is 10.0 Å². The molecule has 3 aromatic rings. The van der Waals surface area contributed by atoms with Gasteiger partial charge in [-0.05, 0) is 74.2 Å². The van der Waals surface area contributed by atoms with Crippen molar-refractivity contribution < 1.29 is 18.0 Å². The summed E-state index contributed by atoms with van der Waals surface area (Å²) in [6, 6.07) is 16.8. The maximum Gasteiger partial charge on any atom is 0.264 e. The third-order valence-corrected chi connectivity index (χ3v) is 10.1. The predicted molar refractivity (Wildman–Crippen MR) is 164 cm³/mol. The van der Waals surface area contributed by atoms with E-state index < -0.39 is 28.5 Å². The van der Waals surface area contributed by atoms with E-state index in [1.54, 1.807) is 68.4 Å². The van der Waals surface area contributed by atoms with Crippen LogP contribution in [0.5, 0.6) is 0 Å². The number of nitrogens with one attached hydrogen (secondary N) is 1. The van der Waals surface area contributed by atoms with Crippen LogP contribution in [0.3, 0.4) is 0 Å². The average Bonchev–Trinajstić information content (AvgIpc) is 3.46. The second kappa shape index (κ2) is 13.5. The first-order chi connectivity index (χ1) is 19.5. The molecule has 1 saturated carbocycles. The summed E-state index contributed by atoms with van der Waals surface area (Å²) in [6.07, 6.45) is 3.83. The largest absolute Gasteiger partial charge is 0.352 e. The van der Waals surface area contributed by atoms with Crippen molar-refractivity contribution in [2.45, 2.75) is 63.1 Å². The van der Waals surface area contributed by atoms with Crippen LogP contribution < -0.4 is 9.62 Å². The van der Waals surface area contributed by atoms with Gasteiger partial charge in [0.1, 0.15) is 12.6 Å². The molecule has 0 saturated heterocycles. The molecule has 1 aliphatic rings. The van der Waals surface area contributed by atoms with Crippen LogP contribution in [-0.2, 0) is 26.2 Å². The number of anilines is 1. The molecule has 0 aromatic heterocycles. The van der Waals surface area contributed by atoms with Crippen LogP contribution in [0.2, 0.25) is 15.1 Å². The van der Waals surface area contributed by atoms with Crippen molar-refractivity contribution in [2.24, 2.45) is 0 Å². The van der Waals surface area contributed by atoms with Gasteiger partial charge in [-0.2, -0.15) is 0 Å². The van der Waals surface area contributed by atoms with Crippen molar-refractivity contribution in [3.8, 4) is 0 Å². The summed E-state index contributed by atoms with van der Waals surface area (Å²) >= 11 is 18.9. The highest BCUT2D eigenvalue weighted by Gasteiger charge is 2.34. The summed E-state index contributed by atoms with van der Waals surface area (Å²) in [5.74, 6) is -0.893. The number of carbonyl (C=O) groups is 2. The summed E-state index contributed by atoms with van der Waals surface area (Å²) in [7, 11) is -4.19. The fourth-order valence-electron chi connectivity index (χ4n) is 4.91. The van der Waals surface area contributed by atoms with E-state index in [0.717, 1.165) is 30.0 Å². The first-order valence-electron chi connectivity index (χ1n) is 13.4. The zero-order valence-corrected chi connectivity index (χ0v) is 25.9. The average molecular weight is 637 g/mol. The standard InChI is InChI=1S/C30H32Cl3N3O4S/c1-20-26(32)13-8-14-28(20)36(41(39,40)25-11-4-3-5-12-25)19-29(37)35(18-22-15-16-23(31)17-27(22)33)21(2)30(38)34-24-9-6-7-10-24/h3-5,8,11-17,21,24H,6-7,9-10,18-19H2,1-2H3,(H,34,38). The molecule has 0 spiro atoms. The molecule has 1 fully saturated rings. The van der Waals surface area contributed by atoms with Crippen molar-refractivity contribution in [3.63, 3.8) is 0 Å². The topological polar surface area (TPSA) is 86.8 Å². The van der Waals surface area contributed by atoms with Crippen molar-refractivity contribution in [1.29, 1.82) is 0 Å². The second-order valence-corrected chi connectivity index (χ2v) is 13.2. The minimum absolute atomic E-state index is 0.0199. The minimum Gasteiger partial charge on any atom is -0.352 e. The molecule has 1 N–H and O–H groups in total. The lowest BCUT2D eigenvalue weighted by Crippen LogP contribution is -2.52. The van der Waals surface area contributed by atoms with Crippen LogP contribution in [0.4, 0.5) is 5.69 Å². The Kier molecular flexibility index (Phi) is 10.2. The minimum atomic E-state index is -4.19.